The smallest absolute Gasteiger partial charge is 0.306 e. The van der Waals surface area contributed by atoms with Gasteiger partial charge in [-0.2, -0.15) is 0 Å². The molecule has 2 fully saturated rings. The van der Waals surface area contributed by atoms with E-state index in [0.29, 0.717) is 6.42 Å². The first-order chi connectivity index (χ1) is 6.24. The van der Waals surface area contributed by atoms with Gasteiger partial charge in [-0.1, -0.05) is 11.9 Å². The highest BCUT2D eigenvalue weighted by Crippen LogP contribution is 2.37. The lowest BCUT2D eigenvalue weighted by Crippen LogP contribution is -2.41. The molecule has 74 valence electrons. The van der Waals surface area contributed by atoms with E-state index < -0.39 is 0 Å². The summed E-state index contributed by atoms with van der Waals surface area (Å²) < 4.78 is 7.74. The van der Waals surface area contributed by atoms with Crippen LogP contribution in [0.25, 0.3) is 0 Å². The van der Waals surface area contributed by atoms with Crippen LogP contribution in [0.1, 0.15) is 25.7 Å². The lowest BCUT2D eigenvalue weighted by Gasteiger charge is -2.36. The summed E-state index contributed by atoms with van der Waals surface area (Å²) in [7, 11) is 0. The Bertz CT molecular complexity index is 212. The number of hydrogen-bond donors (Lipinski definition) is 0. The Morgan fingerprint density at radius 1 is 1.38 bits per heavy atom. The van der Waals surface area contributed by atoms with Gasteiger partial charge >= 0.3 is 5.97 Å². The van der Waals surface area contributed by atoms with Crippen LogP contribution in [-0.2, 0) is 9.53 Å². The summed E-state index contributed by atoms with van der Waals surface area (Å²) in [4.78, 5) is 11.0. The van der Waals surface area contributed by atoms with Crippen LogP contribution in [0.15, 0.2) is 0 Å². The van der Waals surface area contributed by atoms with E-state index in [1.807, 2.05) is 0 Å². The molecule has 0 aliphatic carbocycles. The second-order valence-corrected chi connectivity index (χ2v) is 4.65. The zero-order chi connectivity index (χ0) is 9.31. The predicted octanol–water partition coefficient (Wildman–Crippen LogP) is 1.44. The van der Waals surface area contributed by atoms with Gasteiger partial charge in [0.05, 0.1) is 0 Å². The molecule has 2 aliphatic rings. The number of hydrogen-bond acceptors (Lipinski definition) is 4. The van der Waals surface area contributed by atoms with Crippen molar-refractivity contribution in [1.82, 2.24) is 4.31 Å². The van der Waals surface area contributed by atoms with Crippen molar-refractivity contribution in [2.75, 3.05) is 19.3 Å². The van der Waals surface area contributed by atoms with E-state index in [1.165, 1.54) is 0 Å². The molecule has 1 spiro atoms. The monoisotopic (exact) mass is 201 g/mol. The summed E-state index contributed by atoms with van der Waals surface area (Å²) in [6.45, 7) is 2.10. The summed E-state index contributed by atoms with van der Waals surface area (Å²) in [5, 5.41) is 0. The van der Waals surface area contributed by atoms with Crippen molar-refractivity contribution in [3.05, 3.63) is 0 Å². The molecular formula is C9H15NO2S. The molecule has 0 radical (unpaired) electrons. The molecule has 2 heterocycles. The number of ether oxygens (including phenoxy) is 1. The van der Waals surface area contributed by atoms with Gasteiger partial charge in [0, 0.05) is 32.4 Å². The fourth-order valence-corrected chi connectivity index (χ4v) is 2.65. The third-order valence-corrected chi connectivity index (χ3v) is 3.89. The van der Waals surface area contributed by atoms with Gasteiger partial charge < -0.3 is 4.74 Å². The van der Waals surface area contributed by atoms with E-state index in [2.05, 4.69) is 10.6 Å². The van der Waals surface area contributed by atoms with Crippen molar-refractivity contribution in [3.63, 3.8) is 0 Å². The molecule has 4 heteroatoms. The Morgan fingerprint density at radius 2 is 2.08 bits per heavy atom. The van der Waals surface area contributed by atoms with Crippen LogP contribution < -0.4 is 0 Å². The van der Waals surface area contributed by atoms with Crippen molar-refractivity contribution in [2.45, 2.75) is 31.3 Å². The first-order valence-electron chi connectivity index (χ1n) is 4.75. The molecule has 0 aromatic heterocycles. The first kappa shape index (κ1) is 9.34. The molecule has 0 atom stereocenters. The van der Waals surface area contributed by atoms with Gasteiger partial charge in [0.15, 0.2) is 0 Å². The topological polar surface area (TPSA) is 29.5 Å². The average molecular weight is 201 g/mol. The first-order valence-corrected chi connectivity index (χ1v) is 5.93. The number of piperidine rings is 1. The largest absolute Gasteiger partial charge is 0.459 e. The van der Waals surface area contributed by atoms with Gasteiger partial charge in [-0.25, -0.2) is 0 Å². The highest BCUT2D eigenvalue weighted by atomic mass is 32.2. The lowest BCUT2D eigenvalue weighted by atomic mass is 9.90. The molecule has 0 aromatic rings. The van der Waals surface area contributed by atoms with E-state index in [4.69, 9.17) is 4.74 Å². The van der Waals surface area contributed by atoms with Crippen LogP contribution in [-0.4, -0.2) is 35.2 Å². The molecule has 0 unspecified atom stereocenters. The van der Waals surface area contributed by atoms with Gasteiger partial charge in [-0.15, -0.1) is 0 Å². The minimum absolute atomic E-state index is 0.00222. The zero-order valence-corrected chi connectivity index (χ0v) is 8.73. The molecule has 2 aliphatic heterocycles. The molecule has 0 bridgehead atoms. The van der Waals surface area contributed by atoms with Crippen LogP contribution in [0.4, 0.5) is 0 Å². The van der Waals surface area contributed by atoms with Gasteiger partial charge in [0.25, 0.3) is 0 Å². The van der Waals surface area contributed by atoms with Crippen LogP contribution in [0.2, 0.25) is 0 Å². The van der Waals surface area contributed by atoms with Crippen molar-refractivity contribution in [2.24, 2.45) is 0 Å². The van der Waals surface area contributed by atoms with Crippen molar-refractivity contribution in [3.8, 4) is 0 Å². The Labute approximate surface area is 82.9 Å². The third kappa shape index (κ3) is 1.83. The fourth-order valence-electron chi connectivity index (χ4n) is 2.10. The Hall–Kier alpha value is -0.220. The van der Waals surface area contributed by atoms with E-state index in [1.54, 1.807) is 11.9 Å². The van der Waals surface area contributed by atoms with Gasteiger partial charge in [-0.3, -0.25) is 9.10 Å². The second kappa shape index (κ2) is 3.50. The maximum Gasteiger partial charge on any atom is 0.306 e. The molecule has 0 N–H and O–H groups in total. The maximum atomic E-state index is 11.0. The molecule has 0 amide bonds. The van der Waals surface area contributed by atoms with Gasteiger partial charge in [-0.05, 0) is 12.7 Å². The minimum Gasteiger partial charge on any atom is -0.459 e. The molecule has 0 aromatic carbocycles. The highest BCUT2D eigenvalue weighted by Gasteiger charge is 2.42. The quantitative estimate of drug-likeness (QED) is 0.474. The third-order valence-electron chi connectivity index (χ3n) is 3.01. The molecule has 3 nitrogen and oxygen atoms in total. The molecule has 0 saturated carbocycles. The Balaban J connectivity index is 1.93. The second-order valence-electron chi connectivity index (χ2n) is 3.77. The van der Waals surface area contributed by atoms with Gasteiger partial charge in [0.1, 0.15) is 5.60 Å². The number of rotatable bonds is 1. The minimum atomic E-state index is -0.0800. The van der Waals surface area contributed by atoms with Crippen molar-refractivity contribution in [1.29, 1.82) is 0 Å². The van der Waals surface area contributed by atoms with Crippen LogP contribution >= 0.6 is 11.9 Å². The highest BCUT2D eigenvalue weighted by molar-refractivity contribution is 7.96. The maximum absolute atomic E-state index is 11.0. The van der Waals surface area contributed by atoms with Crippen molar-refractivity contribution >= 4 is 17.9 Å². The van der Waals surface area contributed by atoms with E-state index in [0.717, 1.165) is 32.4 Å². The molecule has 2 saturated heterocycles. The predicted molar refractivity (Wildman–Crippen MR) is 52.4 cm³/mol. The van der Waals surface area contributed by atoms with Crippen LogP contribution in [0.5, 0.6) is 0 Å². The number of esters is 1. The fraction of sp³-hybridized carbons (Fsp3) is 0.889. The van der Waals surface area contributed by atoms with E-state index >= 15 is 0 Å². The number of carbonyl (C=O) groups excluding carboxylic acids is 1. The van der Waals surface area contributed by atoms with Gasteiger partial charge in [0.2, 0.25) is 0 Å². The molecular weight excluding hydrogens is 186 g/mol. The molecule has 13 heavy (non-hydrogen) atoms. The summed E-state index contributed by atoms with van der Waals surface area (Å²) >= 11 is 1.78. The van der Waals surface area contributed by atoms with Crippen molar-refractivity contribution < 1.29 is 9.53 Å². The van der Waals surface area contributed by atoms with E-state index in [-0.39, 0.29) is 11.6 Å². The number of nitrogens with zero attached hydrogens (tertiary/aromatic N) is 1. The SMILES string of the molecule is CSN1CCC2(CCC(=O)O2)CC1. The summed E-state index contributed by atoms with van der Waals surface area (Å²) in [5.74, 6) is -0.00222. The van der Waals surface area contributed by atoms with Crippen LogP contribution in [0.3, 0.4) is 0 Å². The average Bonchev–Trinajstić information content (AvgIpc) is 2.49. The van der Waals surface area contributed by atoms with Crippen LogP contribution in [0, 0.1) is 0 Å². The Kier molecular flexibility index (Phi) is 2.51. The summed E-state index contributed by atoms with van der Waals surface area (Å²) in [6, 6.07) is 0. The van der Waals surface area contributed by atoms with E-state index in [9.17, 15) is 4.79 Å². The zero-order valence-electron chi connectivity index (χ0n) is 7.91. The normalized spacial score (nSPS) is 27.9. The number of carbonyl (C=O) groups is 1. The lowest BCUT2D eigenvalue weighted by molar-refractivity contribution is -0.150. The Morgan fingerprint density at radius 3 is 2.54 bits per heavy atom. The summed E-state index contributed by atoms with van der Waals surface area (Å²) in [5.41, 5.74) is -0.0800. The summed E-state index contributed by atoms with van der Waals surface area (Å²) in [6.07, 6.45) is 5.69. The molecule has 2 rings (SSSR count). The standard InChI is InChI=1S/C9H15NO2S/c1-13-10-6-4-9(5-7-10)3-2-8(11)12-9/h2-7H2,1H3.